The van der Waals surface area contributed by atoms with Gasteiger partial charge >= 0.3 is 0 Å². The minimum atomic E-state index is -1.52. The Morgan fingerprint density at radius 2 is 1.95 bits per heavy atom. The molecule has 3 nitrogen and oxygen atoms in total. The van der Waals surface area contributed by atoms with Crippen LogP contribution >= 0.6 is 0 Å². The highest BCUT2D eigenvalue weighted by atomic mass is 19.2. The van der Waals surface area contributed by atoms with E-state index in [0.717, 1.165) is 18.6 Å². The number of benzene rings is 1. The van der Waals surface area contributed by atoms with Crippen LogP contribution in [0.4, 0.5) is 18.9 Å². The van der Waals surface area contributed by atoms with E-state index in [9.17, 15) is 18.0 Å². The molecule has 0 bridgehead atoms. The van der Waals surface area contributed by atoms with Crippen molar-refractivity contribution in [3.8, 4) is 0 Å². The van der Waals surface area contributed by atoms with Gasteiger partial charge in [-0.05, 0) is 19.4 Å². The van der Waals surface area contributed by atoms with Gasteiger partial charge < -0.3 is 10.2 Å². The number of carbonyl (C=O) groups excluding carboxylic acids is 1. The van der Waals surface area contributed by atoms with Crippen LogP contribution in [-0.2, 0) is 4.79 Å². The van der Waals surface area contributed by atoms with Gasteiger partial charge in [-0.3, -0.25) is 4.79 Å². The minimum Gasteiger partial charge on any atom is -0.311 e. The summed E-state index contributed by atoms with van der Waals surface area (Å²) in [5.41, 5.74) is 0.0576. The summed E-state index contributed by atoms with van der Waals surface area (Å²) in [6, 6.07) is 1.35. The van der Waals surface area contributed by atoms with Gasteiger partial charge in [0.05, 0.1) is 6.04 Å². The van der Waals surface area contributed by atoms with Gasteiger partial charge in [-0.15, -0.1) is 0 Å². The number of anilines is 1. The molecule has 1 aromatic carbocycles. The molecule has 6 heteroatoms. The predicted octanol–water partition coefficient (Wildman–Crippen LogP) is 2.21. The molecule has 1 fully saturated rings. The lowest BCUT2D eigenvalue weighted by molar-refractivity contribution is -0.118. The monoisotopic (exact) mass is 272 g/mol. The number of nitrogens with one attached hydrogen (secondary N) is 1. The zero-order valence-corrected chi connectivity index (χ0v) is 10.5. The van der Waals surface area contributed by atoms with Crippen LogP contribution in [0.25, 0.3) is 0 Å². The van der Waals surface area contributed by atoms with Gasteiger partial charge in [0.2, 0.25) is 5.91 Å². The number of halogens is 3. The summed E-state index contributed by atoms with van der Waals surface area (Å²) in [6.45, 7) is 3.05. The van der Waals surface area contributed by atoms with Gasteiger partial charge in [-0.1, -0.05) is 6.92 Å². The van der Waals surface area contributed by atoms with Crippen LogP contribution in [0.2, 0.25) is 0 Å². The molecule has 1 aliphatic rings. The summed E-state index contributed by atoms with van der Waals surface area (Å²) in [5, 5.41) is 3.07. The zero-order chi connectivity index (χ0) is 14.0. The number of rotatable bonds is 4. The van der Waals surface area contributed by atoms with E-state index in [1.165, 1.54) is 4.90 Å². The Kier molecular flexibility index (Phi) is 4.09. The molecule has 1 unspecified atom stereocenters. The van der Waals surface area contributed by atoms with Crippen molar-refractivity contribution in [3.63, 3.8) is 0 Å². The molecule has 0 radical (unpaired) electrons. The number of hydrogen-bond acceptors (Lipinski definition) is 2. The maximum absolute atomic E-state index is 13.2. The lowest BCUT2D eigenvalue weighted by Crippen LogP contribution is -2.38. The third kappa shape index (κ3) is 2.73. The topological polar surface area (TPSA) is 32.3 Å². The fraction of sp³-hybridized carbons (Fsp3) is 0.462. The Bertz CT molecular complexity index is 470. The fourth-order valence-electron chi connectivity index (χ4n) is 2.14. The summed E-state index contributed by atoms with van der Waals surface area (Å²) in [4.78, 5) is 13.3. The molecule has 1 saturated heterocycles. The second-order valence-corrected chi connectivity index (χ2v) is 4.51. The Hall–Kier alpha value is -1.56. The highest BCUT2D eigenvalue weighted by Crippen LogP contribution is 2.25. The Labute approximate surface area is 109 Å². The average Bonchev–Trinajstić information content (AvgIpc) is 2.74. The summed E-state index contributed by atoms with van der Waals surface area (Å²) in [7, 11) is 0. The molecule has 1 N–H and O–H groups in total. The summed E-state index contributed by atoms with van der Waals surface area (Å²) < 4.78 is 39.2. The Morgan fingerprint density at radius 3 is 2.53 bits per heavy atom. The van der Waals surface area contributed by atoms with Crippen LogP contribution in [0.1, 0.15) is 19.8 Å². The Balaban J connectivity index is 2.17. The van der Waals surface area contributed by atoms with Crippen LogP contribution in [0, 0.1) is 17.5 Å². The highest BCUT2D eigenvalue weighted by molar-refractivity contribution is 5.99. The molecular formula is C13H15F3N2O. The molecule has 1 aromatic rings. The molecule has 1 amide bonds. The van der Waals surface area contributed by atoms with Gasteiger partial charge in [0.1, 0.15) is 0 Å². The van der Waals surface area contributed by atoms with Crippen molar-refractivity contribution >= 4 is 11.6 Å². The lowest BCUT2D eigenvalue weighted by atomic mass is 10.2. The molecule has 0 spiro atoms. The van der Waals surface area contributed by atoms with Crippen molar-refractivity contribution in [1.29, 1.82) is 0 Å². The molecule has 19 heavy (non-hydrogen) atoms. The van der Waals surface area contributed by atoms with Crippen molar-refractivity contribution in [1.82, 2.24) is 5.32 Å². The average molecular weight is 272 g/mol. The molecule has 0 aromatic heterocycles. The van der Waals surface area contributed by atoms with E-state index in [4.69, 9.17) is 0 Å². The standard InChI is InChI=1S/C13H15F3N2O/c1-2-4-17-11-3-5-18(13(11)19)8-6-9(14)12(16)10(15)7-8/h6-7,11,17H,2-5H2,1H3. The second kappa shape index (κ2) is 5.61. The number of amides is 1. The molecule has 1 aliphatic heterocycles. The van der Waals surface area contributed by atoms with Crippen molar-refractivity contribution in [2.24, 2.45) is 0 Å². The smallest absolute Gasteiger partial charge is 0.244 e. The molecule has 2 rings (SSSR count). The van der Waals surface area contributed by atoms with Crippen LogP contribution in [0.3, 0.4) is 0 Å². The normalized spacial score (nSPS) is 19.3. The molecular weight excluding hydrogens is 257 g/mol. The zero-order valence-electron chi connectivity index (χ0n) is 10.5. The number of nitrogens with zero attached hydrogens (tertiary/aromatic N) is 1. The molecule has 0 aliphatic carbocycles. The Morgan fingerprint density at radius 1 is 1.32 bits per heavy atom. The van der Waals surface area contributed by atoms with E-state index in [1.807, 2.05) is 6.92 Å². The van der Waals surface area contributed by atoms with E-state index in [0.29, 0.717) is 19.5 Å². The maximum atomic E-state index is 13.2. The van der Waals surface area contributed by atoms with Gasteiger partial charge in [-0.25, -0.2) is 13.2 Å². The first-order valence-corrected chi connectivity index (χ1v) is 6.24. The summed E-state index contributed by atoms with van der Waals surface area (Å²) in [5.74, 6) is -4.32. The van der Waals surface area contributed by atoms with Crippen molar-refractivity contribution in [2.75, 3.05) is 18.0 Å². The highest BCUT2D eigenvalue weighted by Gasteiger charge is 2.32. The van der Waals surface area contributed by atoms with Crippen molar-refractivity contribution in [3.05, 3.63) is 29.6 Å². The van der Waals surface area contributed by atoms with Crippen LogP contribution in [-0.4, -0.2) is 25.0 Å². The molecule has 104 valence electrons. The van der Waals surface area contributed by atoms with Crippen molar-refractivity contribution < 1.29 is 18.0 Å². The van der Waals surface area contributed by atoms with E-state index in [1.54, 1.807) is 0 Å². The molecule has 0 saturated carbocycles. The lowest BCUT2D eigenvalue weighted by Gasteiger charge is -2.17. The first-order valence-electron chi connectivity index (χ1n) is 6.24. The van der Waals surface area contributed by atoms with Gasteiger partial charge in [-0.2, -0.15) is 0 Å². The number of hydrogen-bond donors (Lipinski definition) is 1. The summed E-state index contributed by atoms with van der Waals surface area (Å²) in [6.07, 6.45) is 1.46. The van der Waals surface area contributed by atoms with E-state index in [-0.39, 0.29) is 17.6 Å². The molecule has 1 atom stereocenters. The van der Waals surface area contributed by atoms with Gasteiger partial charge in [0.25, 0.3) is 0 Å². The van der Waals surface area contributed by atoms with Crippen LogP contribution < -0.4 is 10.2 Å². The molecule has 1 heterocycles. The summed E-state index contributed by atoms with van der Waals surface area (Å²) >= 11 is 0. The second-order valence-electron chi connectivity index (χ2n) is 4.51. The van der Waals surface area contributed by atoms with Crippen LogP contribution in [0.15, 0.2) is 12.1 Å². The fourth-order valence-corrected chi connectivity index (χ4v) is 2.14. The maximum Gasteiger partial charge on any atom is 0.244 e. The first kappa shape index (κ1) is 13.9. The van der Waals surface area contributed by atoms with Crippen molar-refractivity contribution in [2.45, 2.75) is 25.8 Å². The number of carbonyl (C=O) groups is 1. The van der Waals surface area contributed by atoms with Gasteiger partial charge in [0.15, 0.2) is 17.5 Å². The van der Waals surface area contributed by atoms with E-state index < -0.39 is 17.5 Å². The van der Waals surface area contributed by atoms with Gasteiger partial charge in [0, 0.05) is 24.4 Å². The van der Waals surface area contributed by atoms with E-state index in [2.05, 4.69) is 5.32 Å². The third-order valence-corrected chi connectivity index (χ3v) is 3.13. The minimum absolute atomic E-state index is 0.0576. The first-order chi connectivity index (χ1) is 9.04. The van der Waals surface area contributed by atoms with Crippen LogP contribution in [0.5, 0.6) is 0 Å². The van der Waals surface area contributed by atoms with E-state index >= 15 is 0 Å². The largest absolute Gasteiger partial charge is 0.311 e. The third-order valence-electron chi connectivity index (χ3n) is 3.13. The quantitative estimate of drug-likeness (QED) is 0.852. The SMILES string of the molecule is CCCNC1CCN(c2cc(F)c(F)c(F)c2)C1=O. The predicted molar refractivity (Wildman–Crippen MR) is 65.4 cm³/mol.